The summed E-state index contributed by atoms with van der Waals surface area (Å²) in [7, 11) is 0. The second-order valence-electron chi connectivity index (χ2n) is 3.68. The number of pyridine rings is 1. The van der Waals surface area contributed by atoms with Crippen molar-refractivity contribution in [3.8, 4) is 0 Å². The van der Waals surface area contributed by atoms with Gasteiger partial charge in [-0.2, -0.15) is 0 Å². The molecule has 2 heterocycles. The average Bonchev–Trinajstić information content (AvgIpc) is 2.86. The lowest BCUT2D eigenvalue weighted by atomic mass is 10.2. The number of aromatic nitrogens is 1. The Kier molecular flexibility index (Phi) is 4.15. The molecule has 0 atom stereocenters. The van der Waals surface area contributed by atoms with Gasteiger partial charge < -0.3 is 10.4 Å². The van der Waals surface area contributed by atoms with Crippen LogP contribution in [-0.4, -0.2) is 26.9 Å². The summed E-state index contributed by atoms with van der Waals surface area (Å²) in [6, 6.07) is 2.52. The lowest BCUT2D eigenvalue weighted by Crippen LogP contribution is -2.15. The van der Waals surface area contributed by atoms with Crippen LogP contribution in [-0.2, 0) is 0 Å². The molecule has 0 bridgehead atoms. The van der Waals surface area contributed by atoms with E-state index >= 15 is 0 Å². The van der Waals surface area contributed by atoms with Crippen LogP contribution in [0, 0.1) is 10.1 Å². The summed E-state index contributed by atoms with van der Waals surface area (Å²) in [5.74, 6) is -2.05. The maximum Gasteiger partial charge on any atom is 0.348 e. The number of carboxylic acid groups (broad SMARTS) is 1. The van der Waals surface area contributed by atoms with Crippen molar-refractivity contribution in [2.75, 3.05) is 5.32 Å². The third-order valence-corrected chi connectivity index (χ3v) is 3.59. The van der Waals surface area contributed by atoms with E-state index in [4.69, 9.17) is 16.7 Å². The molecule has 2 rings (SSSR count). The molecule has 21 heavy (non-hydrogen) atoms. The number of carbonyl (C=O) groups is 2. The minimum atomic E-state index is -1.21. The first-order valence-corrected chi connectivity index (χ1v) is 6.58. The molecule has 10 heteroatoms. The number of hydrogen-bond donors (Lipinski definition) is 2. The van der Waals surface area contributed by atoms with Crippen molar-refractivity contribution in [2.24, 2.45) is 0 Å². The zero-order valence-electron chi connectivity index (χ0n) is 10.1. The lowest BCUT2D eigenvalue weighted by molar-refractivity contribution is -0.385. The second-order valence-corrected chi connectivity index (χ2v) is 4.95. The molecule has 0 saturated heterocycles. The van der Waals surface area contributed by atoms with E-state index in [1.165, 1.54) is 11.4 Å². The smallest absolute Gasteiger partial charge is 0.348 e. The molecule has 0 unspecified atom stereocenters. The van der Waals surface area contributed by atoms with Gasteiger partial charge in [-0.05, 0) is 17.5 Å². The van der Waals surface area contributed by atoms with Gasteiger partial charge in [0.05, 0.1) is 10.6 Å². The van der Waals surface area contributed by atoms with Crippen LogP contribution in [0.3, 0.4) is 0 Å². The van der Waals surface area contributed by atoms with Crippen molar-refractivity contribution in [1.82, 2.24) is 4.98 Å². The highest BCUT2D eigenvalue weighted by Crippen LogP contribution is 2.28. The molecule has 2 N–H and O–H groups in total. The highest BCUT2D eigenvalue weighted by molar-refractivity contribution is 7.12. The quantitative estimate of drug-likeness (QED) is 0.505. The Labute approximate surface area is 126 Å². The van der Waals surface area contributed by atoms with Crippen LogP contribution < -0.4 is 5.32 Å². The average molecular weight is 328 g/mol. The first-order chi connectivity index (χ1) is 9.91. The number of hydrogen-bond acceptors (Lipinski definition) is 6. The second kappa shape index (κ2) is 5.85. The number of anilines is 1. The summed E-state index contributed by atoms with van der Waals surface area (Å²) >= 11 is 6.53. The van der Waals surface area contributed by atoms with Crippen LogP contribution in [0.4, 0.5) is 11.4 Å². The number of carbonyl (C=O) groups excluding carboxylic acids is 1. The number of nitrogens with one attached hydrogen (secondary N) is 1. The summed E-state index contributed by atoms with van der Waals surface area (Å²) in [5.41, 5.74) is -0.883. The minimum Gasteiger partial charge on any atom is -0.477 e. The number of nitro groups is 1. The Hall–Kier alpha value is -2.52. The largest absolute Gasteiger partial charge is 0.477 e. The van der Waals surface area contributed by atoms with Gasteiger partial charge >= 0.3 is 11.7 Å². The van der Waals surface area contributed by atoms with Crippen LogP contribution in [0.2, 0.25) is 5.15 Å². The maximum absolute atomic E-state index is 12.1. The van der Waals surface area contributed by atoms with Gasteiger partial charge in [0.25, 0.3) is 5.91 Å². The van der Waals surface area contributed by atoms with Gasteiger partial charge in [-0.25, -0.2) is 9.78 Å². The van der Waals surface area contributed by atoms with Crippen molar-refractivity contribution < 1.29 is 19.6 Å². The Morgan fingerprint density at radius 1 is 1.43 bits per heavy atom. The van der Waals surface area contributed by atoms with Crippen molar-refractivity contribution in [3.05, 3.63) is 49.4 Å². The Morgan fingerprint density at radius 3 is 2.76 bits per heavy atom. The maximum atomic E-state index is 12.1. The third kappa shape index (κ3) is 2.98. The summed E-state index contributed by atoms with van der Waals surface area (Å²) in [5, 5.41) is 23.2. The summed E-state index contributed by atoms with van der Waals surface area (Å²) in [6.45, 7) is 0. The van der Waals surface area contributed by atoms with E-state index in [1.54, 1.807) is 0 Å². The number of aromatic carboxylic acids is 1. The molecule has 0 aliphatic rings. The molecule has 8 nitrogen and oxygen atoms in total. The van der Waals surface area contributed by atoms with E-state index < -0.39 is 27.6 Å². The van der Waals surface area contributed by atoms with Crippen molar-refractivity contribution >= 4 is 46.2 Å². The van der Waals surface area contributed by atoms with Crippen molar-refractivity contribution in [1.29, 1.82) is 0 Å². The summed E-state index contributed by atoms with van der Waals surface area (Å²) < 4.78 is 0. The first-order valence-electron chi connectivity index (χ1n) is 5.33. The summed E-state index contributed by atoms with van der Waals surface area (Å²) in [6.07, 6.45) is 1.15. The fraction of sp³-hybridized carbons (Fsp3) is 0. The molecular formula is C11H6ClN3O5S. The monoisotopic (exact) mass is 327 g/mol. The van der Waals surface area contributed by atoms with Gasteiger partial charge in [0.15, 0.2) is 0 Å². The van der Waals surface area contributed by atoms with E-state index in [0.717, 1.165) is 23.6 Å². The molecule has 0 spiro atoms. The summed E-state index contributed by atoms with van der Waals surface area (Å²) in [4.78, 5) is 36.6. The molecule has 0 aliphatic heterocycles. The molecule has 108 valence electrons. The molecule has 0 fully saturated rings. The SMILES string of the molecule is O=C(Nc1ccsc1C(=O)O)c1ccnc(Cl)c1[N+](=O)[O-]. The number of halogens is 1. The van der Waals surface area contributed by atoms with Crippen LogP contribution in [0.15, 0.2) is 23.7 Å². The minimum absolute atomic E-state index is 0.0553. The van der Waals surface area contributed by atoms with Crippen molar-refractivity contribution in [2.45, 2.75) is 0 Å². The number of carboxylic acids is 1. The number of rotatable bonds is 4. The Morgan fingerprint density at radius 2 is 2.14 bits per heavy atom. The standard InChI is InChI=1S/C11H6ClN3O5S/c12-9-7(15(19)20)5(1-3-13-9)10(16)14-6-2-4-21-8(6)11(17)18/h1-4H,(H,14,16)(H,17,18). The Balaban J connectivity index is 2.38. The molecule has 2 aromatic rings. The highest BCUT2D eigenvalue weighted by atomic mass is 35.5. The Bertz CT molecular complexity index is 745. The van der Waals surface area contributed by atoms with Crippen LogP contribution >= 0.6 is 22.9 Å². The van der Waals surface area contributed by atoms with Crippen LogP contribution in [0.5, 0.6) is 0 Å². The number of thiophene rings is 1. The molecule has 0 saturated carbocycles. The van der Waals surface area contributed by atoms with Gasteiger partial charge in [-0.15, -0.1) is 11.3 Å². The van der Waals surface area contributed by atoms with Gasteiger partial charge in [0.2, 0.25) is 5.15 Å². The van der Waals surface area contributed by atoms with Gasteiger partial charge in [-0.1, -0.05) is 11.6 Å². The van der Waals surface area contributed by atoms with Crippen molar-refractivity contribution in [3.63, 3.8) is 0 Å². The molecule has 1 amide bonds. The molecule has 0 aromatic carbocycles. The van der Waals surface area contributed by atoms with E-state index in [0.29, 0.717) is 0 Å². The number of nitrogens with zero attached hydrogens (tertiary/aromatic N) is 2. The third-order valence-electron chi connectivity index (χ3n) is 2.41. The highest BCUT2D eigenvalue weighted by Gasteiger charge is 2.26. The van der Waals surface area contributed by atoms with Crippen LogP contribution in [0.25, 0.3) is 0 Å². The zero-order chi connectivity index (χ0) is 15.6. The van der Waals surface area contributed by atoms with E-state index in [2.05, 4.69) is 10.3 Å². The van der Waals surface area contributed by atoms with E-state index in [9.17, 15) is 19.7 Å². The van der Waals surface area contributed by atoms with E-state index in [-0.39, 0.29) is 16.1 Å². The normalized spacial score (nSPS) is 10.1. The zero-order valence-corrected chi connectivity index (χ0v) is 11.6. The predicted molar refractivity (Wildman–Crippen MR) is 75.1 cm³/mol. The number of amides is 1. The topological polar surface area (TPSA) is 122 Å². The van der Waals surface area contributed by atoms with Gasteiger partial charge in [0, 0.05) is 6.20 Å². The molecule has 2 aromatic heterocycles. The van der Waals surface area contributed by atoms with E-state index in [1.807, 2.05) is 0 Å². The lowest BCUT2D eigenvalue weighted by Gasteiger charge is -2.05. The fourth-order valence-electron chi connectivity index (χ4n) is 1.55. The molecular weight excluding hydrogens is 322 g/mol. The fourth-order valence-corrected chi connectivity index (χ4v) is 2.46. The van der Waals surface area contributed by atoms with Crippen LogP contribution in [0.1, 0.15) is 20.0 Å². The first kappa shape index (κ1) is 14.9. The predicted octanol–water partition coefficient (Wildman–Crippen LogP) is 2.66. The van der Waals surface area contributed by atoms with Gasteiger partial charge in [0.1, 0.15) is 10.4 Å². The van der Waals surface area contributed by atoms with Gasteiger partial charge in [-0.3, -0.25) is 14.9 Å². The molecule has 0 aliphatic carbocycles. The molecule has 0 radical (unpaired) electrons.